The molecule has 0 saturated heterocycles. The van der Waals surface area contributed by atoms with Gasteiger partial charge in [-0.1, -0.05) is 18.2 Å². The van der Waals surface area contributed by atoms with Crippen molar-refractivity contribution in [1.29, 1.82) is 0 Å². The quantitative estimate of drug-likeness (QED) is 0.711. The molecule has 0 N–H and O–H groups in total. The fraction of sp³-hybridized carbons (Fsp3) is 0.467. The number of hydrogen-bond donors (Lipinski definition) is 0. The second kappa shape index (κ2) is 6.93. The molecule has 0 spiro atoms. The van der Waals surface area contributed by atoms with Gasteiger partial charge in [0.1, 0.15) is 12.3 Å². The van der Waals surface area contributed by atoms with Gasteiger partial charge >= 0.3 is 5.97 Å². The predicted octanol–water partition coefficient (Wildman–Crippen LogP) is 1.62. The lowest BCUT2D eigenvalue weighted by molar-refractivity contribution is -0.150. The molecule has 1 saturated carbocycles. The van der Waals surface area contributed by atoms with Crippen LogP contribution in [-0.4, -0.2) is 42.6 Å². The van der Waals surface area contributed by atoms with E-state index in [0.717, 1.165) is 12.8 Å². The normalized spacial score (nSPS) is 13.7. The molecule has 20 heavy (non-hydrogen) atoms. The van der Waals surface area contributed by atoms with E-state index in [2.05, 4.69) is 0 Å². The Hall–Kier alpha value is -2.04. The van der Waals surface area contributed by atoms with Gasteiger partial charge in [0, 0.05) is 6.04 Å². The molecule has 1 fully saturated rings. The van der Waals surface area contributed by atoms with E-state index in [0.29, 0.717) is 12.4 Å². The van der Waals surface area contributed by atoms with Crippen LogP contribution in [0.15, 0.2) is 30.3 Å². The molecule has 0 aliphatic heterocycles. The summed E-state index contributed by atoms with van der Waals surface area (Å²) in [4.78, 5) is 25.2. The van der Waals surface area contributed by atoms with Gasteiger partial charge in [-0.25, -0.2) is 0 Å². The molecule has 1 aromatic carbocycles. The van der Waals surface area contributed by atoms with Crippen LogP contribution < -0.4 is 4.74 Å². The smallest absolute Gasteiger partial charge is 0.325 e. The number of carbonyl (C=O) groups excluding carboxylic acids is 2. The Morgan fingerprint density at radius 3 is 2.55 bits per heavy atom. The Kier molecular flexibility index (Phi) is 4.98. The molecule has 0 unspecified atom stereocenters. The molecule has 0 aromatic heterocycles. The van der Waals surface area contributed by atoms with E-state index < -0.39 is 0 Å². The molecule has 2 rings (SSSR count). The van der Waals surface area contributed by atoms with Gasteiger partial charge in [-0.05, 0) is 31.9 Å². The summed E-state index contributed by atoms with van der Waals surface area (Å²) in [7, 11) is 0. The van der Waals surface area contributed by atoms with Gasteiger partial charge in [-0.15, -0.1) is 0 Å². The summed E-state index contributed by atoms with van der Waals surface area (Å²) in [6.07, 6.45) is 1.88. The number of esters is 1. The number of ether oxygens (including phenoxy) is 2. The second-order valence-corrected chi connectivity index (χ2v) is 4.66. The van der Waals surface area contributed by atoms with Crippen LogP contribution in [0, 0.1) is 0 Å². The lowest BCUT2D eigenvalue weighted by atomic mass is 10.3. The molecule has 5 nitrogen and oxygen atoms in total. The first-order valence-electron chi connectivity index (χ1n) is 6.83. The number of hydrogen-bond acceptors (Lipinski definition) is 4. The largest absolute Gasteiger partial charge is 0.484 e. The molecule has 0 radical (unpaired) electrons. The van der Waals surface area contributed by atoms with E-state index >= 15 is 0 Å². The molecule has 1 amide bonds. The summed E-state index contributed by atoms with van der Waals surface area (Å²) in [6.45, 7) is 2.03. The molecule has 108 valence electrons. The van der Waals surface area contributed by atoms with Crippen LogP contribution in [0.2, 0.25) is 0 Å². The first kappa shape index (κ1) is 14.4. The summed E-state index contributed by atoms with van der Waals surface area (Å²) in [5, 5.41) is 0. The van der Waals surface area contributed by atoms with E-state index in [1.807, 2.05) is 18.2 Å². The van der Waals surface area contributed by atoms with Crippen molar-refractivity contribution in [2.75, 3.05) is 19.8 Å². The fourth-order valence-corrected chi connectivity index (χ4v) is 1.90. The highest BCUT2D eigenvalue weighted by Gasteiger charge is 2.34. The van der Waals surface area contributed by atoms with Crippen molar-refractivity contribution >= 4 is 11.9 Å². The van der Waals surface area contributed by atoms with E-state index in [4.69, 9.17) is 9.47 Å². The van der Waals surface area contributed by atoms with Crippen LogP contribution >= 0.6 is 0 Å². The molecule has 0 heterocycles. The van der Waals surface area contributed by atoms with Crippen molar-refractivity contribution in [3.8, 4) is 5.75 Å². The van der Waals surface area contributed by atoms with Crippen LogP contribution in [0.4, 0.5) is 0 Å². The Morgan fingerprint density at radius 1 is 1.25 bits per heavy atom. The predicted molar refractivity (Wildman–Crippen MR) is 73.3 cm³/mol. The third-order valence-electron chi connectivity index (χ3n) is 3.02. The highest BCUT2D eigenvalue weighted by Crippen LogP contribution is 2.26. The maximum Gasteiger partial charge on any atom is 0.325 e. The average molecular weight is 277 g/mol. The average Bonchev–Trinajstić information content (AvgIpc) is 3.28. The molecular formula is C15H19NO4. The lowest BCUT2D eigenvalue weighted by Crippen LogP contribution is -2.40. The molecular weight excluding hydrogens is 258 g/mol. The van der Waals surface area contributed by atoms with Crippen molar-refractivity contribution in [2.24, 2.45) is 0 Å². The summed E-state index contributed by atoms with van der Waals surface area (Å²) in [5.41, 5.74) is 0. The molecule has 5 heteroatoms. The Bertz CT molecular complexity index is 456. The Morgan fingerprint density at radius 2 is 1.95 bits per heavy atom. The fourth-order valence-electron chi connectivity index (χ4n) is 1.90. The first-order valence-corrected chi connectivity index (χ1v) is 6.83. The maximum atomic E-state index is 12.1. The minimum atomic E-state index is -0.368. The van der Waals surface area contributed by atoms with E-state index in [1.54, 1.807) is 24.0 Å². The molecule has 1 aliphatic carbocycles. The van der Waals surface area contributed by atoms with Gasteiger partial charge in [-0.2, -0.15) is 0 Å². The van der Waals surface area contributed by atoms with Crippen LogP contribution in [0.25, 0.3) is 0 Å². The summed E-state index contributed by atoms with van der Waals surface area (Å²) in [5.74, 6) is 0.101. The van der Waals surface area contributed by atoms with Gasteiger partial charge in [0.05, 0.1) is 6.61 Å². The minimum absolute atomic E-state index is 0.00941. The van der Waals surface area contributed by atoms with Gasteiger partial charge in [0.25, 0.3) is 5.91 Å². The van der Waals surface area contributed by atoms with E-state index in [-0.39, 0.29) is 31.1 Å². The molecule has 1 aromatic rings. The summed E-state index contributed by atoms with van der Waals surface area (Å²) >= 11 is 0. The monoisotopic (exact) mass is 277 g/mol. The van der Waals surface area contributed by atoms with Crippen molar-refractivity contribution < 1.29 is 19.1 Å². The zero-order chi connectivity index (χ0) is 14.4. The highest BCUT2D eigenvalue weighted by atomic mass is 16.5. The third-order valence-corrected chi connectivity index (χ3v) is 3.02. The maximum absolute atomic E-state index is 12.1. The SMILES string of the molecule is CCOC(=O)CN(C(=O)COc1ccccc1)C1CC1. The number of amides is 1. The van der Waals surface area contributed by atoms with Crippen LogP contribution in [-0.2, 0) is 14.3 Å². The van der Waals surface area contributed by atoms with Crippen molar-refractivity contribution in [1.82, 2.24) is 4.90 Å². The second-order valence-electron chi connectivity index (χ2n) is 4.66. The number of carbonyl (C=O) groups is 2. The molecule has 1 aliphatic rings. The van der Waals surface area contributed by atoms with Crippen LogP contribution in [0.5, 0.6) is 5.75 Å². The third kappa shape index (κ3) is 4.26. The molecule has 0 bridgehead atoms. The number of rotatable bonds is 7. The zero-order valence-corrected chi connectivity index (χ0v) is 11.6. The van der Waals surface area contributed by atoms with Gasteiger partial charge in [0.15, 0.2) is 6.61 Å². The topological polar surface area (TPSA) is 55.8 Å². The minimum Gasteiger partial charge on any atom is -0.484 e. The number of nitrogens with zero attached hydrogens (tertiary/aromatic N) is 1. The van der Waals surface area contributed by atoms with E-state index in [1.165, 1.54) is 0 Å². The van der Waals surface area contributed by atoms with Gasteiger partial charge < -0.3 is 14.4 Å². The summed E-state index contributed by atoms with van der Waals surface area (Å²) < 4.78 is 10.3. The number of benzene rings is 1. The first-order chi connectivity index (χ1) is 9.70. The van der Waals surface area contributed by atoms with Crippen molar-refractivity contribution in [2.45, 2.75) is 25.8 Å². The highest BCUT2D eigenvalue weighted by molar-refractivity contribution is 5.83. The number of para-hydroxylation sites is 1. The van der Waals surface area contributed by atoms with Gasteiger partial charge in [-0.3, -0.25) is 9.59 Å². The Labute approximate surface area is 118 Å². The van der Waals surface area contributed by atoms with Crippen molar-refractivity contribution in [3.05, 3.63) is 30.3 Å². The Balaban J connectivity index is 1.85. The van der Waals surface area contributed by atoms with E-state index in [9.17, 15) is 9.59 Å². The standard InChI is InChI=1S/C15H19NO4/c1-2-19-15(18)10-16(12-8-9-12)14(17)11-20-13-6-4-3-5-7-13/h3-7,12H,2,8-11H2,1H3. The van der Waals surface area contributed by atoms with Gasteiger partial charge in [0.2, 0.25) is 0 Å². The van der Waals surface area contributed by atoms with Crippen LogP contribution in [0.3, 0.4) is 0 Å². The van der Waals surface area contributed by atoms with Crippen molar-refractivity contribution in [3.63, 3.8) is 0 Å². The summed E-state index contributed by atoms with van der Waals surface area (Å²) in [6, 6.07) is 9.31. The zero-order valence-electron chi connectivity index (χ0n) is 11.6. The lowest BCUT2D eigenvalue weighted by Gasteiger charge is -2.21. The molecule has 0 atom stereocenters. The van der Waals surface area contributed by atoms with Crippen LogP contribution in [0.1, 0.15) is 19.8 Å².